The first-order valence-corrected chi connectivity index (χ1v) is 21.5. The summed E-state index contributed by atoms with van der Waals surface area (Å²) < 4.78 is 0. The molecule has 9 amide bonds. The molecule has 1 fully saturated rings. The lowest BCUT2D eigenvalue weighted by atomic mass is 10.0. The van der Waals surface area contributed by atoms with Gasteiger partial charge in [-0.05, 0) is 64.3 Å². The van der Waals surface area contributed by atoms with Crippen molar-refractivity contribution in [3.63, 3.8) is 0 Å². The summed E-state index contributed by atoms with van der Waals surface area (Å²) in [5.41, 5.74) is 22.0. The number of nitrogens with zero attached hydrogens (tertiary/aromatic N) is 3. The number of carboxylic acids is 1. The highest BCUT2D eigenvalue weighted by Gasteiger charge is 2.35. The summed E-state index contributed by atoms with van der Waals surface area (Å²) in [7, 11) is 0. The topological polar surface area (TPSA) is 436 Å². The van der Waals surface area contributed by atoms with Crippen molar-refractivity contribution in [3.05, 3.63) is 18.2 Å². The molecule has 1 saturated heterocycles. The van der Waals surface area contributed by atoms with Crippen LogP contribution in [0, 0.1) is 5.92 Å². The maximum atomic E-state index is 13.8. The molecule has 2 rings (SSSR count). The van der Waals surface area contributed by atoms with Crippen LogP contribution in [0.2, 0.25) is 0 Å². The Balaban J connectivity index is 2.03. The van der Waals surface area contributed by atoms with Gasteiger partial charge in [0.05, 0.1) is 32.5 Å². The second kappa shape index (κ2) is 28.8. The first-order chi connectivity index (χ1) is 31.3. The summed E-state index contributed by atoms with van der Waals surface area (Å²) in [5, 5.41) is 29.4. The second-order valence-corrected chi connectivity index (χ2v) is 15.8. The van der Waals surface area contributed by atoms with Gasteiger partial charge in [-0.3, -0.25) is 48.1 Å². The van der Waals surface area contributed by atoms with Crippen molar-refractivity contribution in [2.75, 3.05) is 45.8 Å². The molecule has 1 aliphatic heterocycles. The van der Waals surface area contributed by atoms with Crippen molar-refractivity contribution in [1.29, 1.82) is 0 Å². The highest BCUT2D eigenvalue weighted by atomic mass is 16.4. The van der Waals surface area contributed by atoms with Gasteiger partial charge in [-0.25, -0.2) is 9.78 Å². The van der Waals surface area contributed by atoms with Gasteiger partial charge in [0.15, 0.2) is 5.96 Å². The molecule has 0 unspecified atom stereocenters. The normalized spacial score (nSPS) is 15.4. The summed E-state index contributed by atoms with van der Waals surface area (Å²) in [6, 6.07) is -6.99. The van der Waals surface area contributed by atoms with Crippen molar-refractivity contribution in [1.82, 2.24) is 57.4 Å². The number of rotatable bonds is 29. The number of likely N-dealkylation sites (tertiary alicyclic amines) is 1. The van der Waals surface area contributed by atoms with E-state index in [2.05, 4.69) is 57.5 Å². The van der Waals surface area contributed by atoms with Crippen LogP contribution in [0.5, 0.6) is 0 Å². The van der Waals surface area contributed by atoms with Crippen LogP contribution < -0.4 is 65.5 Å². The minimum atomic E-state index is -1.31. The molecule has 0 radical (unpaired) electrons. The number of carbonyl (C=O) groups is 10. The Labute approximate surface area is 381 Å². The van der Waals surface area contributed by atoms with E-state index in [0.29, 0.717) is 25.0 Å². The van der Waals surface area contributed by atoms with Crippen LogP contribution in [-0.4, -0.2) is 167 Å². The quantitative estimate of drug-likeness (QED) is 0.0202. The molecule has 1 aliphatic rings. The molecule has 1 aromatic heterocycles. The Kier molecular flexibility index (Phi) is 24.1. The summed E-state index contributed by atoms with van der Waals surface area (Å²) in [6.07, 6.45) is 4.55. The summed E-state index contributed by atoms with van der Waals surface area (Å²) in [6.45, 7) is 3.41. The number of aliphatic imine (C=N–C) groups is 1. The van der Waals surface area contributed by atoms with Crippen LogP contribution in [0.4, 0.5) is 0 Å². The van der Waals surface area contributed by atoms with Crippen molar-refractivity contribution >= 4 is 65.1 Å². The van der Waals surface area contributed by atoms with E-state index in [4.69, 9.17) is 22.9 Å². The minimum absolute atomic E-state index is 0.00498. The molecule has 0 aliphatic carbocycles. The molecule has 66 heavy (non-hydrogen) atoms. The summed E-state index contributed by atoms with van der Waals surface area (Å²) >= 11 is 0. The van der Waals surface area contributed by atoms with E-state index in [9.17, 15) is 53.1 Å². The zero-order valence-electron chi connectivity index (χ0n) is 37.5. The number of carbonyl (C=O) groups excluding carboxylic acids is 9. The first-order valence-electron chi connectivity index (χ1n) is 21.5. The average molecular weight is 935 g/mol. The van der Waals surface area contributed by atoms with Gasteiger partial charge in [0.1, 0.15) is 36.3 Å². The van der Waals surface area contributed by atoms with Gasteiger partial charge in [-0.1, -0.05) is 13.8 Å². The number of H-pyrrole nitrogens is 1. The molecule has 0 bridgehead atoms. The van der Waals surface area contributed by atoms with E-state index >= 15 is 0 Å². The second-order valence-electron chi connectivity index (χ2n) is 15.8. The van der Waals surface area contributed by atoms with Gasteiger partial charge in [-0.2, -0.15) is 0 Å². The van der Waals surface area contributed by atoms with Gasteiger partial charge in [0, 0.05) is 31.4 Å². The number of aliphatic carboxylic acids is 1. The number of unbranched alkanes of at least 4 members (excludes halogenated alkanes) is 1. The Hall–Kier alpha value is -6.90. The number of nitrogens with one attached hydrogen (secondary N) is 9. The zero-order chi connectivity index (χ0) is 49.3. The largest absolute Gasteiger partial charge is 0.480 e. The third-order valence-electron chi connectivity index (χ3n) is 10.1. The number of aromatic amines is 1. The van der Waals surface area contributed by atoms with E-state index < -0.39 is 115 Å². The highest BCUT2D eigenvalue weighted by Crippen LogP contribution is 2.17. The molecular weight excluding hydrogens is 869 g/mol. The number of carboxylic acid groups (broad SMARTS) is 1. The Bertz CT molecular complexity index is 1860. The smallest absolute Gasteiger partial charge is 0.326 e. The number of amides is 9. The van der Waals surface area contributed by atoms with Crippen LogP contribution in [0.1, 0.15) is 71.4 Å². The number of hydrogen-bond donors (Lipinski definition) is 14. The van der Waals surface area contributed by atoms with Gasteiger partial charge in [0.2, 0.25) is 53.2 Å². The number of imidazole rings is 1. The van der Waals surface area contributed by atoms with Crippen LogP contribution in [0.25, 0.3) is 0 Å². The molecule has 0 saturated carbocycles. The fourth-order valence-corrected chi connectivity index (χ4v) is 6.55. The summed E-state index contributed by atoms with van der Waals surface area (Å²) in [4.78, 5) is 140. The summed E-state index contributed by atoms with van der Waals surface area (Å²) in [5.74, 6) is -8.09. The molecule has 6 atom stereocenters. The number of aromatic nitrogens is 2. The van der Waals surface area contributed by atoms with E-state index in [0.717, 1.165) is 0 Å². The maximum Gasteiger partial charge on any atom is 0.326 e. The zero-order valence-corrected chi connectivity index (χ0v) is 37.5. The lowest BCUT2D eigenvalue weighted by Gasteiger charge is -2.25. The average Bonchev–Trinajstić information content (AvgIpc) is 3.99. The molecule has 1 aromatic rings. The van der Waals surface area contributed by atoms with Gasteiger partial charge in [-0.15, -0.1) is 0 Å². The van der Waals surface area contributed by atoms with Gasteiger partial charge >= 0.3 is 5.97 Å². The monoisotopic (exact) mass is 935 g/mol. The molecule has 368 valence electrons. The van der Waals surface area contributed by atoms with Gasteiger partial charge in [0.25, 0.3) is 0 Å². The van der Waals surface area contributed by atoms with Crippen molar-refractivity contribution in [2.45, 2.75) is 108 Å². The molecular formula is C39H66N16O11. The van der Waals surface area contributed by atoms with Crippen LogP contribution in [0.15, 0.2) is 17.5 Å². The van der Waals surface area contributed by atoms with Crippen molar-refractivity contribution in [3.8, 4) is 0 Å². The lowest BCUT2D eigenvalue weighted by molar-refractivity contribution is -0.142. The van der Waals surface area contributed by atoms with E-state index in [1.54, 1.807) is 13.8 Å². The standard InChI is InChI=1S/C39H66N16O11/c1-21(2)32(54-28(56)15-41)37(64)48-17-29(57)46-19-31(59)55-13-7-10-27(55)36(63)47-18-30(58)51-26(14-23-16-44-20-49-23)35(62)52-24(8-4-5-11-40)34(61)50-22(3)33(60)53-25(38(65)66)9-6-12-45-39(42)43/h16,20-22,24-27,32H,4-15,17-19,40-41H2,1-3H3,(H,44,49)(H,46,57)(H,47,63)(H,48,64)(H,50,61)(H,51,58)(H,52,62)(H,53,60)(H,54,56)(H,65,66)(H4,42,43,45)/t22-,24-,25-,26-,27-,32-/m0/s1. The third kappa shape index (κ3) is 19.9. The van der Waals surface area contributed by atoms with Crippen LogP contribution >= 0.6 is 0 Å². The number of guanidine groups is 1. The third-order valence-corrected chi connectivity index (χ3v) is 10.1. The SMILES string of the molecule is CC(C)[C@H](NC(=O)CN)C(=O)NCC(=O)NCC(=O)N1CCC[C@H]1C(=O)NCC(=O)N[C@@H](Cc1cnc[nH]1)C(=O)N[C@@H](CCCCN)C(=O)N[C@@H](C)C(=O)N[C@@H](CCCN=C(N)N)C(=O)O. The van der Waals surface area contributed by atoms with E-state index in [1.807, 2.05) is 0 Å². The molecule has 27 nitrogen and oxygen atoms in total. The fourth-order valence-electron chi connectivity index (χ4n) is 6.55. The first kappa shape index (κ1) is 55.2. The number of nitrogens with two attached hydrogens (primary N) is 4. The Morgan fingerprint density at radius 1 is 0.773 bits per heavy atom. The van der Waals surface area contributed by atoms with Crippen LogP contribution in [-0.2, 0) is 54.4 Å². The molecule has 18 N–H and O–H groups in total. The fraction of sp³-hybridized carbons (Fsp3) is 0.641. The van der Waals surface area contributed by atoms with E-state index in [1.165, 1.54) is 24.3 Å². The number of hydrogen-bond acceptors (Lipinski definition) is 14. The Morgan fingerprint density at radius 3 is 2.06 bits per heavy atom. The molecule has 0 aromatic carbocycles. The highest BCUT2D eigenvalue weighted by molar-refractivity contribution is 5.97. The predicted molar refractivity (Wildman–Crippen MR) is 236 cm³/mol. The Morgan fingerprint density at radius 2 is 1.44 bits per heavy atom. The molecule has 27 heteroatoms. The van der Waals surface area contributed by atoms with Crippen molar-refractivity contribution in [2.24, 2.45) is 33.8 Å². The minimum Gasteiger partial charge on any atom is -0.480 e. The molecule has 2 heterocycles. The predicted octanol–water partition coefficient (Wildman–Crippen LogP) is -6.38. The van der Waals surface area contributed by atoms with E-state index in [-0.39, 0.29) is 70.2 Å². The van der Waals surface area contributed by atoms with Crippen LogP contribution in [0.3, 0.4) is 0 Å². The maximum absolute atomic E-state index is 13.8. The molecule has 0 spiro atoms. The lowest BCUT2D eigenvalue weighted by Crippen LogP contribution is -2.58. The van der Waals surface area contributed by atoms with Crippen molar-refractivity contribution < 1.29 is 53.1 Å². The van der Waals surface area contributed by atoms with Gasteiger partial charge < -0.3 is 80.5 Å².